The van der Waals surface area contributed by atoms with Crippen LogP contribution in [0.4, 0.5) is 0 Å². The van der Waals surface area contributed by atoms with Crippen molar-refractivity contribution in [2.45, 2.75) is 33.6 Å². The molecule has 0 fully saturated rings. The number of rotatable bonds is 7. The molecule has 19 heavy (non-hydrogen) atoms. The number of esters is 1. The van der Waals surface area contributed by atoms with Gasteiger partial charge in [-0.25, -0.2) is 0 Å². The summed E-state index contributed by atoms with van der Waals surface area (Å²) in [5.74, 6) is 0.265. The van der Waals surface area contributed by atoms with Crippen molar-refractivity contribution in [3.63, 3.8) is 0 Å². The Morgan fingerprint density at radius 3 is 2.58 bits per heavy atom. The number of hydrogen-bond acceptors (Lipinski definition) is 4. The molecule has 4 heteroatoms. The van der Waals surface area contributed by atoms with Crippen molar-refractivity contribution in [2.75, 3.05) is 13.2 Å². The maximum absolute atomic E-state index is 11.6. The summed E-state index contributed by atoms with van der Waals surface area (Å²) in [6.07, 6.45) is 0.270. The summed E-state index contributed by atoms with van der Waals surface area (Å²) < 4.78 is 10.2. The second kappa shape index (κ2) is 7.56. The van der Waals surface area contributed by atoms with Gasteiger partial charge in [-0.3, -0.25) is 9.59 Å². The standard InChI is InChI=1S/C15H20O4/c1-4-18-15(17)8-7-13(16)10-19-14-9-11(2)5-6-12(14)3/h5-6,9H,4,7-8,10H2,1-3H3. The molecule has 0 radical (unpaired) electrons. The summed E-state index contributed by atoms with van der Waals surface area (Å²) in [6.45, 7) is 5.96. The molecule has 0 saturated heterocycles. The molecule has 0 aliphatic carbocycles. The van der Waals surface area contributed by atoms with Crippen molar-refractivity contribution in [3.8, 4) is 5.75 Å². The zero-order valence-electron chi connectivity index (χ0n) is 11.7. The van der Waals surface area contributed by atoms with Crippen molar-refractivity contribution in [2.24, 2.45) is 0 Å². The largest absolute Gasteiger partial charge is 0.486 e. The summed E-state index contributed by atoms with van der Waals surface area (Å²) in [5, 5.41) is 0. The second-order valence-electron chi connectivity index (χ2n) is 4.40. The van der Waals surface area contributed by atoms with Crippen LogP contribution in [0.25, 0.3) is 0 Å². The number of benzene rings is 1. The van der Waals surface area contributed by atoms with Gasteiger partial charge in [0.2, 0.25) is 0 Å². The molecule has 1 aromatic rings. The van der Waals surface area contributed by atoms with Crippen LogP contribution in [0.3, 0.4) is 0 Å². The predicted octanol–water partition coefficient (Wildman–Crippen LogP) is 2.59. The smallest absolute Gasteiger partial charge is 0.306 e. The first-order valence-electron chi connectivity index (χ1n) is 6.40. The average Bonchev–Trinajstić information content (AvgIpc) is 2.38. The van der Waals surface area contributed by atoms with E-state index in [0.29, 0.717) is 12.4 Å². The Bertz CT molecular complexity index is 451. The molecular formula is C15H20O4. The third-order valence-corrected chi connectivity index (χ3v) is 2.65. The predicted molar refractivity (Wildman–Crippen MR) is 72.3 cm³/mol. The van der Waals surface area contributed by atoms with E-state index in [4.69, 9.17) is 9.47 Å². The van der Waals surface area contributed by atoms with Crippen molar-refractivity contribution in [1.29, 1.82) is 0 Å². The Hall–Kier alpha value is -1.84. The van der Waals surface area contributed by atoms with Crippen molar-refractivity contribution in [3.05, 3.63) is 29.3 Å². The van der Waals surface area contributed by atoms with Gasteiger partial charge in [0.25, 0.3) is 0 Å². The fraction of sp³-hybridized carbons (Fsp3) is 0.467. The van der Waals surface area contributed by atoms with Crippen molar-refractivity contribution >= 4 is 11.8 Å². The molecule has 0 N–H and O–H groups in total. The van der Waals surface area contributed by atoms with Gasteiger partial charge in [-0.05, 0) is 38.0 Å². The summed E-state index contributed by atoms with van der Waals surface area (Å²) >= 11 is 0. The molecule has 1 rings (SSSR count). The van der Waals surface area contributed by atoms with Crippen LogP contribution >= 0.6 is 0 Å². The van der Waals surface area contributed by atoms with Gasteiger partial charge < -0.3 is 9.47 Å². The van der Waals surface area contributed by atoms with Crippen LogP contribution in [-0.4, -0.2) is 25.0 Å². The molecule has 104 valence electrons. The number of carbonyl (C=O) groups is 2. The Labute approximate surface area is 113 Å². The number of carbonyl (C=O) groups excluding carboxylic acids is 2. The molecule has 0 spiro atoms. The molecule has 0 unspecified atom stereocenters. The highest BCUT2D eigenvalue weighted by Gasteiger charge is 2.09. The van der Waals surface area contributed by atoms with Crippen LogP contribution < -0.4 is 4.74 Å². The topological polar surface area (TPSA) is 52.6 Å². The summed E-state index contributed by atoms with van der Waals surface area (Å²) in [5.41, 5.74) is 2.07. The van der Waals surface area contributed by atoms with E-state index in [1.807, 2.05) is 32.0 Å². The molecule has 0 heterocycles. The average molecular weight is 264 g/mol. The lowest BCUT2D eigenvalue weighted by atomic mass is 10.1. The van der Waals surface area contributed by atoms with E-state index in [1.54, 1.807) is 6.92 Å². The normalized spacial score (nSPS) is 10.1. The highest BCUT2D eigenvalue weighted by molar-refractivity contribution is 5.84. The number of ether oxygens (including phenoxy) is 2. The molecular weight excluding hydrogens is 244 g/mol. The molecule has 1 aromatic carbocycles. The Morgan fingerprint density at radius 1 is 1.16 bits per heavy atom. The molecule has 0 aromatic heterocycles. The fourth-order valence-electron chi connectivity index (χ4n) is 1.57. The quantitative estimate of drug-likeness (QED) is 0.710. The van der Waals surface area contributed by atoms with Gasteiger partial charge in [0, 0.05) is 6.42 Å². The van der Waals surface area contributed by atoms with Crippen LogP contribution in [0.5, 0.6) is 5.75 Å². The molecule has 0 aliphatic rings. The highest BCUT2D eigenvalue weighted by Crippen LogP contribution is 2.19. The van der Waals surface area contributed by atoms with Gasteiger partial charge in [-0.2, -0.15) is 0 Å². The lowest BCUT2D eigenvalue weighted by molar-refractivity contribution is -0.144. The van der Waals surface area contributed by atoms with Gasteiger partial charge in [-0.15, -0.1) is 0 Å². The Kier molecular flexibility index (Phi) is 6.06. The maximum Gasteiger partial charge on any atom is 0.306 e. The van der Waals surface area contributed by atoms with Crippen LogP contribution in [0, 0.1) is 13.8 Å². The minimum absolute atomic E-state index is 0.0102. The molecule has 0 aliphatic heterocycles. The third kappa shape index (κ3) is 5.55. The number of Topliss-reactive ketones (excluding diaryl/α,β-unsaturated/α-hetero) is 1. The monoisotopic (exact) mass is 264 g/mol. The third-order valence-electron chi connectivity index (χ3n) is 2.65. The number of aryl methyl sites for hydroxylation is 2. The second-order valence-corrected chi connectivity index (χ2v) is 4.40. The molecule has 0 amide bonds. The Balaban J connectivity index is 2.38. The molecule has 0 atom stereocenters. The van der Waals surface area contributed by atoms with Crippen molar-refractivity contribution in [1.82, 2.24) is 0 Å². The van der Waals surface area contributed by atoms with Crippen molar-refractivity contribution < 1.29 is 19.1 Å². The first kappa shape index (κ1) is 15.2. The summed E-state index contributed by atoms with van der Waals surface area (Å²) in [7, 11) is 0. The minimum Gasteiger partial charge on any atom is -0.486 e. The van der Waals surface area contributed by atoms with Gasteiger partial charge in [0.1, 0.15) is 12.4 Å². The van der Waals surface area contributed by atoms with Gasteiger partial charge in [0.05, 0.1) is 13.0 Å². The SMILES string of the molecule is CCOC(=O)CCC(=O)COc1cc(C)ccc1C. The van der Waals surface area contributed by atoms with Gasteiger partial charge in [0.15, 0.2) is 5.78 Å². The molecule has 0 saturated carbocycles. The highest BCUT2D eigenvalue weighted by atomic mass is 16.5. The van der Waals surface area contributed by atoms with E-state index in [9.17, 15) is 9.59 Å². The minimum atomic E-state index is -0.345. The fourth-order valence-corrected chi connectivity index (χ4v) is 1.57. The zero-order valence-corrected chi connectivity index (χ0v) is 11.7. The van der Waals surface area contributed by atoms with E-state index in [2.05, 4.69) is 0 Å². The van der Waals surface area contributed by atoms with Crippen LogP contribution in [0.2, 0.25) is 0 Å². The summed E-state index contributed by atoms with van der Waals surface area (Å²) in [6, 6.07) is 5.84. The van der Waals surface area contributed by atoms with Gasteiger partial charge in [-0.1, -0.05) is 12.1 Å². The first-order valence-corrected chi connectivity index (χ1v) is 6.40. The van der Waals surface area contributed by atoms with Crippen LogP contribution in [0.1, 0.15) is 30.9 Å². The zero-order chi connectivity index (χ0) is 14.3. The molecule has 0 bridgehead atoms. The Morgan fingerprint density at radius 2 is 1.89 bits per heavy atom. The van der Waals surface area contributed by atoms with E-state index in [-0.39, 0.29) is 31.2 Å². The molecule has 4 nitrogen and oxygen atoms in total. The summed E-state index contributed by atoms with van der Waals surface area (Å²) in [4.78, 5) is 22.7. The van der Waals surface area contributed by atoms with E-state index in [0.717, 1.165) is 11.1 Å². The lowest BCUT2D eigenvalue weighted by Gasteiger charge is -2.09. The maximum atomic E-state index is 11.6. The van der Waals surface area contributed by atoms with E-state index in [1.165, 1.54) is 0 Å². The van der Waals surface area contributed by atoms with Crippen LogP contribution in [-0.2, 0) is 14.3 Å². The number of hydrogen-bond donors (Lipinski definition) is 0. The van der Waals surface area contributed by atoms with E-state index >= 15 is 0 Å². The van der Waals surface area contributed by atoms with Crippen LogP contribution in [0.15, 0.2) is 18.2 Å². The lowest BCUT2D eigenvalue weighted by Crippen LogP contribution is -2.14. The number of ketones is 1. The first-order chi connectivity index (χ1) is 9.02. The van der Waals surface area contributed by atoms with E-state index < -0.39 is 0 Å². The van der Waals surface area contributed by atoms with Gasteiger partial charge >= 0.3 is 5.97 Å².